The minimum atomic E-state index is -1.20. The Bertz CT molecular complexity index is 2910. The third kappa shape index (κ3) is 16.7. The molecule has 5 aromatic carbocycles. The molecule has 3 amide bonds. The van der Waals surface area contributed by atoms with Crippen molar-refractivity contribution >= 4 is 30.2 Å². The van der Waals surface area contributed by atoms with Crippen molar-refractivity contribution in [3.8, 4) is 0 Å². The van der Waals surface area contributed by atoms with Gasteiger partial charge in [0.1, 0.15) is 50.6 Å². The number of amides is 3. The van der Waals surface area contributed by atoms with Gasteiger partial charge in [0, 0.05) is 69.5 Å². The van der Waals surface area contributed by atoms with Crippen molar-refractivity contribution in [2.75, 3.05) is 52.4 Å². The lowest BCUT2D eigenvalue weighted by molar-refractivity contribution is -0.000555. The van der Waals surface area contributed by atoms with Crippen molar-refractivity contribution in [3.63, 3.8) is 0 Å². The van der Waals surface area contributed by atoms with Gasteiger partial charge in [-0.05, 0) is 96.9 Å². The number of nitrogens with zero attached hydrogens (tertiary/aromatic N) is 3. The van der Waals surface area contributed by atoms with E-state index in [2.05, 4.69) is 5.32 Å². The van der Waals surface area contributed by atoms with E-state index in [4.69, 9.17) is 24.1 Å². The predicted octanol–water partition coefficient (Wildman–Crippen LogP) is 9.10. The third-order valence-corrected chi connectivity index (χ3v) is 17.8. The summed E-state index contributed by atoms with van der Waals surface area (Å²) < 4.78 is 75.3. The Hall–Kier alpha value is -7.59. The summed E-state index contributed by atoms with van der Waals surface area (Å²) in [6, 6.07) is 45.2. The first kappa shape index (κ1) is 63.9. The topological polar surface area (TPSA) is 225 Å². The van der Waals surface area contributed by atoms with E-state index in [1.807, 2.05) is 91.0 Å². The predicted molar refractivity (Wildman–Crippen MR) is 311 cm³/mol. The molecule has 4 saturated heterocycles. The lowest BCUT2D eigenvalue weighted by Gasteiger charge is -2.22. The maximum atomic E-state index is 14.5. The molecule has 0 spiro atoms. The number of benzene rings is 5. The molecule has 87 heavy (non-hydrogen) atoms. The number of carboxylic acids is 1. The van der Waals surface area contributed by atoms with Crippen LogP contribution in [0, 0.1) is 47.3 Å². The van der Waals surface area contributed by atoms with Crippen molar-refractivity contribution in [1.82, 2.24) is 20.0 Å². The quantitative estimate of drug-likeness (QED) is 0.0528. The van der Waals surface area contributed by atoms with Gasteiger partial charge < -0.3 is 59.4 Å². The Kier molecular flexibility index (Phi) is 22.3. The van der Waals surface area contributed by atoms with Crippen LogP contribution in [0.25, 0.3) is 0 Å². The molecule has 21 heteroatoms. The smallest absolute Gasteiger partial charge is 0.410 e. The highest BCUT2D eigenvalue weighted by molar-refractivity contribution is 5.89. The molecule has 8 aliphatic rings. The number of aliphatic hydroxyl groups excluding tert-OH is 3. The van der Waals surface area contributed by atoms with Crippen LogP contribution in [0.4, 0.5) is 31.9 Å². The van der Waals surface area contributed by atoms with Gasteiger partial charge in [-0.25, -0.2) is 41.5 Å². The average molecular weight is 1210 g/mol. The van der Waals surface area contributed by atoms with Crippen molar-refractivity contribution in [3.05, 3.63) is 179 Å². The molecule has 17 nitrogen and oxygen atoms in total. The molecule has 0 aromatic heterocycles. The lowest BCUT2D eigenvalue weighted by Crippen LogP contribution is -2.35. The standard InChI is InChI=1S/C22H22FNO4.2C15H18FNO3.C7H12FNO.C7H6O2/c23-19-11-17-12-24(22(26)27-14-15-7-3-1-4-8-15)13-18(17)20(19)28-21(25)16-9-5-2-6-10-16;2*16-13-6-11-7-17(8-12(11)14(13)18)15(19)20-9-10-4-2-1-3-5-10;8-6-1-4-2-9-3-5(4)7(6)10;8-7(9)6-4-2-1-3-5-6/h1-10,17-20H,11-14H2;2*1-5,11-14,18H,6-9H2;4-7,9-10H,1-3H2;1-5H,(H,8,9)/t17-,18+,19-,20-;11-,12+,13-,14+;11-,12+,13-,14-;4-,5+,6-,7-;/m0000./s1. The molecule has 8 fully saturated rings. The van der Waals surface area contributed by atoms with Crippen LogP contribution in [0.5, 0.6) is 0 Å². The summed E-state index contributed by atoms with van der Waals surface area (Å²) in [6.45, 7) is 4.87. The highest BCUT2D eigenvalue weighted by atomic mass is 19.1. The number of carbonyl (C=O) groups is 5. The van der Waals surface area contributed by atoms with Crippen LogP contribution in [0.15, 0.2) is 152 Å². The minimum Gasteiger partial charge on any atom is -0.478 e. The van der Waals surface area contributed by atoms with Crippen molar-refractivity contribution < 1.29 is 80.9 Å². The molecule has 0 bridgehead atoms. The number of halogens is 4. The molecule has 0 radical (unpaired) electrons. The normalized spacial score (nSPS) is 30.2. The van der Waals surface area contributed by atoms with Crippen LogP contribution in [0.1, 0.15) is 63.1 Å². The summed E-state index contributed by atoms with van der Waals surface area (Å²) in [5, 5.41) is 40.2. The number of esters is 1. The van der Waals surface area contributed by atoms with E-state index in [9.17, 15) is 56.9 Å². The van der Waals surface area contributed by atoms with Crippen molar-refractivity contribution in [1.29, 1.82) is 0 Å². The van der Waals surface area contributed by atoms with Gasteiger partial charge in [0.15, 0.2) is 0 Å². The zero-order chi connectivity index (χ0) is 61.6. The highest BCUT2D eigenvalue weighted by Gasteiger charge is 2.53. The van der Waals surface area contributed by atoms with Crippen molar-refractivity contribution in [2.24, 2.45) is 47.3 Å². The summed E-state index contributed by atoms with van der Waals surface area (Å²) in [6.07, 6.45) is -7.51. The van der Waals surface area contributed by atoms with Gasteiger partial charge in [-0.2, -0.15) is 0 Å². The number of hydrogen-bond donors (Lipinski definition) is 5. The second-order valence-corrected chi connectivity index (χ2v) is 23.6. The van der Waals surface area contributed by atoms with Crippen LogP contribution < -0.4 is 5.32 Å². The molecule has 4 aliphatic carbocycles. The van der Waals surface area contributed by atoms with E-state index in [1.54, 1.807) is 75.4 Å². The number of aromatic carboxylic acids is 1. The van der Waals surface area contributed by atoms with E-state index in [1.165, 1.54) is 0 Å². The first-order valence-electron chi connectivity index (χ1n) is 29.7. The van der Waals surface area contributed by atoms with Gasteiger partial charge in [-0.3, -0.25) is 0 Å². The van der Waals surface area contributed by atoms with Gasteiger partial charge in [0.05, 0.1) is 29.4 Å². The molecule has 4 heterocycles. The van der Waals surface area contributed by atoms with E-state index in [0.29, 0.717) is 82.0 Å². The van der Waals surface area contributed by atoms with Crippen LogP contribution in [-0.4, -0.2) is 167 Å². The number of carboxylic acid groups (broad SMARTS) is 1. The molecule has 0 unspecified atom stereocenters. The molecule has 466 valence electrons. The third-order valence-electron chi connectivity index (χ3n) is 17.8. The van der Waals surface area contributed by atoms with E-state index >= 15 is 0 Å². The maximum Gasteiger partial charge on any atom is 0.410 e. The molecular weight excluding hydrogens is 1130 g/mol. The summed E-state index contributed by atoms with van der Waals surface area (Å²) in [5.41, 5.74) is 3.51. The average Bonchev–Trinajstić information content (AvgIpc) is 1.94. The number of fused-ring (bicyclic) bond motifs is 4. The Morgan fingerprint density at radius 2 is 0.747 bits per heavy atom. The SMILES string of the molecule is O=C(O)c1ccccc1.O=C(OCc1ccccc1)N1C[C@@H]2C[C@H](F)[C@@H](O)[C@@H]2C1.O=C(OCc1ccccc1)N1C[C@@H]2C[C@H](F)[C@H](O)[C@@H]2C1.O=C(O[C@H]1[C@@H]2CN(C(=O)OCc3ccccc3)C[C@@H]2C[C@@H]1F)c1ccccc1.O[C@H]1[C@@H]2CNC[C@@H]2C[C@@H]1F. The molecule has 13 rings (SSSR count). The summed E-state index contributed by atoms with van der Waals surface area (Å²) in [7, 11) is 0. The maximum absolute atomic E-state index is 14.5. The number of ether oxygens (including phenoxy) is 4. The van der Waals surface area contributed by atoms with Crippen LogP contribution in [-0.2, 0) is 38.8 Å². The molecule has 16 atom stereocenters. The van der Waals surface area contributed by atoms with E-state index in [0.717, 1.165) is 29.8 Å². The fourth-order valence-corrected chi connectivity index (χ4v) is 13.2. The first-order valence-corrected chi connectivity index (χ1v) is 29.7. The number of hydrogen-bond acceptors (Lipinski definition) is 13. The molecule has 5 aromatic rings. The Morgan fingerprint density at radius 3 is 1.11 bits per heavy atom. The largest absolute Gasteiger partial charge is 0.478 e. The van der Waals surface area contributed by atoms with Crippen LogP contribution >= 0.6 is 0 Å². The first-order chi connectivity index (χ1) is 42.0. The zero-order valence-corrected chi connectivity index (χ0v) is 48.1. The molecular formula is C66H76F4N4O13. The minimum absolute atomic E-state index is 0.0205. The number of likely N-dealkylation sites (tertiary alicyclic amines) is 3. The number of rotatable bonds is 9. The summed E-state index contributed by atoms with van der Waals surface area (Å²) in [5.74, 6) is -1.22. The fourth-order valence-electron chi connectivity index (χ4n) is 13.2. The van der Waals surface area contributed by atoms with E-state index < -0.39 is 67.1 Å². The molecule has 4 aliphatic heterocycles. The number of carbonyl (C=O) groups excluding carboxylic acids is 4. The Labute approximate surface area is 503 Å². The van der Waals surface area contributed by atoms with Gasteiger partial charge in [-0.1, -0.05) is 127 Å². The van der Waals surface area contributed by atoms with Gasteiger partial charge in [0.2, 0.25) is 0 Å². The highest BCUT2D eigenvalue weighted by Crippen LogP contribution is 2.43. The van der Waals surface area contributed by atoms with Gasteiger partial charge >= 0.3 is 30.2 Å². The Balaban J connectivity index is 0.000000137. The summed E-state index contributed by atoms with van der Waals surface area (Å²) in [4.78, 5) is 63.6. The second-order valence-electron chi connectivity index (χ2n) is 23.6. The van der Waals surface area contributed by atoms with E-state index in [-0.39, 0.29) is 73.4 Å². The Morgan fingerprint density at radius 1 is 0.414 bits per heavy atom. The van der Waals surface area contributed by atoms with Crippen LogP contribution in [0.3, 0.4) is 0 Å². The number of aliphatic hydroxyl groups is 3. The van der Waals surface area contributed by atoms with Crippen molar-refractivity contribution in [2.45, 2.75) is 94.6 Å². The zero-order valence-electron chi connectivity index (χ0n) is 48.1. The monoisotopic (exact) mass is 1210 g/mol. The number of alkyl halides is 4. The summed E-state index contributed by atoms with van der Waals surface area (Å²) >= 11 is 0. The lowest BCUT2D eigenvalue weighted by atomic mass is 9.99. The van der Waals surface area contributed by atoms with Crippen LogP contribution in [0.2, 0.25) is 0 Å². The molecule has 5 N–H and O–H groups in total. The second kappa shape index (κ2) is 30.4. The number of nitrogens with one attached hydrogen (secondary N) is 1. The fraction of sp³-hybridized carbons (Fsp3) is 0.470. The molecule has 4 saturated carbocycles. The van der Waals surface area contributed by atoms with Gasteiger partial charge in [-0.15, -0.1) is 0 Å². The van der Waals surface area contributed by atoms with Gasteiger partial charge in [0.25, 0.3) is 0 Å².